The summed E-state index contributed by atoms with van der Waals surface area (Å²) in [5.41, 5.74) is 1.60. The van der Waals surface area contributed by atoms with Gasteiger partial charge in [0.1, 0.15) is 11.8 Å². The number of hydrogen-bond donors (Lipinski definition) is 1. The molecule has 0 aliphatic rings. The summed E-state index contributed by atoms with van der Waals surface area (Å²) in [5, 5.41) is 2.83. The summed E-state index contributed by atoms with van der Waals surface area (Å²) in [5.74, 6) is 0.188. The average molecular weight is 391 g/mol. The third-order valence-corrected chi connectivity index (χ3v) is 5.42. The Labute approximate surface area is 161 Å². The fourth-order valence-corrected chi connectivity index (χ4v) is 4.02. The SMILES string of the molecule is COc1cccc(N(C(C)C(=O)NCCCc2ccccc2)S(C)(=O)=O)c1. The van der Waals surface area contributed by atoms with Crippen molar-refractivity contribution in [3.63, 3.8) is 0 Å². The Morgan fingerprint density at radius 1 is 1.15 bits per heavy atom. The molecule has 0 radical (unpaired) electrons. The Morgan fingerprint density at radius 3 is 2.48 bits per heavy atom. The summed E-state index contributed by atoms with van der Waals surface area (Å²) in [6.45, 7) is 2.06. The molecule has 2 rings (SSSR count). The summed E-state index contributed by atoms with van der Waals surface area (Å²) >= 11 is 0. The van der Waals surface area contributed by atoms with Crippen LogP contribution in [0.2, 0.25) is 0 Å². The molecule has 27 heavy (non-hydrogen) atoms. The van der Waals surface area contributed by atoms with Crippen molar-refractivity contribution in [2.45, 2.75) is 25.8 Å². The van der Waals surface area contributed by atoms with Gasteiger partial charge < -0.3 is 10.1 Å². The number of nitrogens with zero attached hydrogens (tertiary/aromatic N) is 1. The van der Waals surface area contributed by atoms with E-state index in [2.05, 4.69) is 5.32 Å². The van der Waals surface area contributed by atoms with E-state index in [-0.39, 0.29) is 5.91 Å². The predicted octanol–water partition coefficient (Wildman–Crippen LogP) is 2.60. The highest BCUT2D eigenvalue weighted by atomic mass is 32.2. The predicted molar refractivity (Wildman–Crippen MR) is 108 cm³/mol. The van der Waals surface area contributed by atoms with Crippen LogP contribution < -0.4 is 14.4 Å². The summed E-state index contributed by atoms with van der Waals surface area (Å²) in [6, 6.07) is 15.8. The standard InChI is InChI=1S/C20H26N2O4S/c1-16(20(23)21-14-8-11-17-9-5-4-6-10-17)22(27(3,24)25)18-12-7-13-19(15-18)26-2/h4-7,9-10,12-13,15-16H,8,11,14H2,1-3H3,(H,21,23). The Kier molecular flexibility index (Phi) is 7.24. The number of ether oxygens (including phenoxy) is 1. The van der Waals surface area contributed by atoms with Gasteiger partial charge in [-0.1, -0.05) is 36.4 Å². The smallest absolute Gasteiger partial charge is 0.243 e. The summed E-state index contributed by atoms with van der Waals surface area (Å²) in [4.78, 5) is 12.5. The zero-order valence-electron chi connectivity index (χ0n) is 15.9. The highest BCUT2D eigenvalue weighted by molar-refractivity contribution is 7.92. The summed E-state index contributed by atoms with van der Waals surface area (Å²) < 4.78 is 30.9. The maximum absolute atomic E-state index is 12.5. The number of carbonyl (C=O) groups excluding carboxylic acids is 1. The minimum absolute atomic E-state index is 0.337. The molecule has 0 spiro atoms. The van der Waals surface area contributed by atoms with Crippen molar-refractivity contribution in [1.82, 2.24) is 5.32 Å². The van der Waals surface area contributed by atoms with Crippen molar-refractivity contribution >= 4 is 21.6 Å². The molecular formula is C20H26N2O4S. The largest absolute Gasteiger partial charge is 0.497 e. The number of nitrogens with one attached hydrogen (secondary N) is 1. The van der Waals surface area contributed by atoms with Crippen molar-refractivity contribution in [3.8, 4) is 5.75 Å². The number of carbonyl (C=O) groups is 1. The van der Waals surface area contributed by atoms with Gasteiger partial charge in [0.05, 0.1) is 19.1 Å². The van der Waals surface area contributed by atoms with E-state index in [1.165, 1.54) is 12.7 Å². The molecule has 0 saturated heterocycles. The van der Waals surface area contributed by atoms with E-state index in [9.17, 15) is 13.2 Å². The summed E-state index contributed by atoms with van der Waals surface area (Å²) in [6.07, 6.45) is 2.72. The van der Waals surface area contributed by atoms with Crippen LogP contribution in [0.15, 0.2) is 54.6 Å². The molecule has 0 bridgehead atoms. The number of methoxy groups -OCH3 is 1. The lowest BCUT2D eigenvalue weighted by Crippen LogP contribution is -2.48. The van der Waals surface area contributed by atoms with E-state index in [0.717, 1.165) is 23.4 Å². The molecule has 6 nitrogen and oxygen atoms in total. The highest BCUT2D eigenvalue weighted by Crippen LogP contribution is 2.25. The maximum Gasteiger partial charge on any atom is 0.243 e. The van der Waals surface area contributed by atoms with Gasteiger partial charge in [-0.3, -0.25) is 9.10 Å². The van der Waals surface area contributed by atoms with E-state index in [0.29, 0.717) is 18.0 Å². The number of hydrogen-bond acceptors (Lipinski definition) is 4. The van der Waals surface area contributed by atoms with Crippen molar-refractivity contribution in [1.29, 1.82) is 0 Å². The second-order valence-electron chi connectivity index (χ2n) is 6.32. The molecule has 1 unspecified atom stereocenters. The van der Waals surface area contributed by atoms with Gasteiger partial charge >= 0.3 is 0 Å². The van der Waals surface area contributed by atoms with E-state index in [1.807, 2.05) is 30.3 Å². The van der Waals surface area contributed by atoms with Gasteiger partial charge in [-0.05, 0) is 37.5 Å². The van der Waals surface area contributed by atoms with Gasteiger partial charge in [0.2, 0.25) is 15.9 Å². The lowest BCUT2D eigenvalue weighted by Gasteiger charge is -2.28. The van der Waals surface area contributed by atoms with E-state index < -0.39 is 16.1 Å². The van der Waals surface area contributed by atoms with E-state index in [1.54, 1.807) is 31.2 Å². The molecule has 0 aromatic heterocycles. The number of sulfonamides is 1. The van der Waals surface area contributed by atoms with Crippen molar-refractivity contribution in [2.75, 3.05) is 24.2 Å². The van der Waals surface area contributed by atoms with Crippen molar-refractivity contribution in [2.24, 2.45) is 0 Å². The topological polar surface area (TPSA) is 75.7 Å². The number of rotatable bonds is 9. The molecule has 0 aliphatic heterocycles. The van der Waals surface area contributed by atoms with Crippen LogP contribution in [0.25, 0.3) is 0 Å². The van der Waals surface area contributed by atoms with Crippen LogP contribution in [-0.2, 0) is 21.2 Å². The Bertz CT molecular complexity index is 853. The Balaban J connectivity index is 2.02. The molecule has 7 heteroatoms. The van der Waals surface area contributed by atoms with Gasteiger partial charge in [0, 0.05) is 12.6 Å². The van der Waals surface area contributed by atoms with Crippen LogP contribution in [0, 0.1) is 0 Å². The summed E-state index contributed by atoms with van der Waals surface area (Å²) in [7, 11) is -2.14. The molecule has 2 aromatic rings. The zero-order chi connectivity index (χ0) is 19.9. The molecule has 2 aromatic carbocycles. The second-order valence-corrected chi connectivity index (χ2v) is 8.18. The first-order chi connectivity index (χ1) is 12.8. The fraction of sp³-hybridized carbons (Fsp3) is 0.350. The molecule has 0 aliphatic carbocycles. The van der Waals surface area contributed by atoms with Gasteiger partial charge in [-0.2, -0.15) is 0 Å². The molecule has 0 saturated carbocycles. The minimum atomic E-state index is -3.64. The van der Waals surface area contributed by atoms with Gasteiger partial charge in [0.15, 0.2) is 0 Å². The Morgan fingerprint density at radius 2 is 1.85 bits per heavy atom. The van der Waals surface area contributed by atoms with E-state index >= 15 is 0 Å². The molecule has 146 valence electrons. The van der Waals surface area contributed by atoms with E-state index in [4.69, 9.17) is 4.74 Å². The molecule has 0 heterocycles. The maximum atomic E-state index is 12.5. The van der Waals surface area contributed by atoms with Gasteiger partial charge in [-0.15, -0.1) is 0 Å². The zero-order valence-corrected chi connectivity index (χ0v) is 16.7. The van der Waals surface area contributed by atoms with Gasteiger partial charge in [-0.25, -0.2) is 8.42 Å². The van der Waals surface area contributed by atoms with Crippen LogP contribution in [0.3, 0.4) is 0 Å². The first-order valence-electron chi connectivity index (χ1n) is 8.78. The number of aryl methyl sites for hydroxylation is 1. The highest BCUT2D eigenvalue weighted by Gasteiger charge is 2.29. The third-order valence-electron chi connectivity index (χ3n) is 4.18. The van der Waals surface area contributed by atoms with Crippen LogP contribution in [-0.4, -0.2) is 40.3 Å². The quantitative estimate of drug-likeness (QED) is 0.668. The normalized spacial score (nSPS) is 12.3. The van der Waals surface area contributed by atoms with Crippen LogP contribution in [0.5, 0.6) is 5.75 Å². The molecular weight excluding hydrogens is 364 g/mol. The first kappa shape index (κ1) is 20.8. The molecule has 1 atom stereocenters. The monoisotopic (exact) mass is 390 g/mol. The Hall–Kier alpha value is -2.54. The molecule has 1 amide bonds. The first-order valence-corrected chi connectivity index (χ1v) is 10.6. The van der Waals surface area contributed by atoms with Crippen molar-refractivity contribution < 1.29 is 17.9 Å². The number of anilines is 1. The van der Waals surface area contributed by atoms with Crippen LogP contribution in [0.4, 0.5) is 5.69 Å². The van der Waals surface area contributed by atoms with Crippen LogP contribution in [0.1, 0.15) is 18.9 Å². The lowest BCUT2D eigenvalue weighted by molar-refractivity contribution is -0.121. The molecule has 0 fully saturated rings. The minimum Gasteiger partial charge on any atom is -0.497 e. The van der Waals surface area contributed by atoms with Gasteiger partial charge in [0.25, 0.3) is 0 Å². The fourth-order valence-electron chi connectivity index (χ4n) is 2.85. The molecule has 1 N–H and O–H groups in total. The third kappa shape index (κ3) is 5.99. The number of amides is 1. The van der Waals surface area contributed by atoms with Crippen LogP contribution >= 0.6 is 0 Å². The second kappa shape index (κ2) is 9.41. The lowest BCUT2D eigenvalue weighted by atomic mass is 10.1. The average Bonchev–Trinajstić information content (AvgIpc) is 2.65. The van der Waals surface area contributed by atoms with Crippen molar-refractivity contribution in [3.05, 3.63) is 60.2 Å². The number of benzene rings is 2.